The van der Waals surface area contributed by atoms with E-state index < -0.39 is 37.5 Å². The molecule has 0 fully saturated rings. The molecule has 118 valence electrons. The summed E-state index contributed by atoms with van der Waals surface area (Å²) >= 11 is 0. The SMILES string of the molecule is O.O.O.O.O=C(O)CN(CC(=O)O)CC(=O)O.[Er]. The number of hydrogen-bond acceptors (Lipinski definition) is 4. The summed E-state index contributed by atoms with van der Waals surface area (Å²) < 4.78 is 0. The van der Waals surface area contributed by atoms with Crippen molar-refractivity contribution in [3.8, 4) is 0 Å². The molecule has 11 nitrogen and oxygen atoms in total. The third-order valence-corrected chi connectivity index (χ3v) is 1.08. The monoisotopic (exact) mass is 429 g/mol. The van der Waals surface area contributed by atoms with Crippen LogP contribution in [0.2, 0.25) is 0 Å². The molecule has 0 bridgehead atoms. The maximum Gasteiger partial charge on any atom is 0.317 e. The van der Waals surface area contributed by atoms with E-state index in [2.05, 4.69) is 0 Å². The molecular weight excluding hydrogens is 413 g/mol. The average molecular weight is 430 g/mol. The van der Waals surface area contributed by atoms with E-state index >= 15 is 0 Å². The third-order valence-electron chi connectivity index (χ3n) is 1.08. The molecule has 0 atom stereocenters. The zero-order chi connectivity index (χ0) is 10.4. The van der Waals surface area contributed by atoms with E-state index in [1.54, 1.807) is 0 Å². The van der Waals surface area contributed by atoms with Crippen LogP contribution in [0.15, 0.2) is 0 Å². The van der Waals surface area contributed by atoms with Crippen molar-refractivity contribution in [3.05, 3.63) is 0 Å². The zero-order valence-corrected chi connectivity index (χ0v) is 10.8. The van der Waals surface area contributed by atoms with Gasteiger partial charge >= 0.3 is 17.9 Å². The van der Waals surface area contributed by atoms with Crippen LogP contribution in [0.25, 0.3) is 0 Å². The number of carbonyl (C=O) groups is 3. The van der Waals surface area contributed by atoms with Gasteiger partial charge in [-0.3, -0.25) is 19.3 Å². The number of nitrogens with zero attached hydrogens (tertiary/aromatic N) is 1. The van der Waals surface area contributed by atoms with Gasteiger partial charge in [0.15, 0.2) is 0 Å². The standard InChI is InChI=1S/C6H9NO6.Er.4H2O/c8-4(9)1-7(2-5(10)11)3-6(12)13;;;;;/h1-3H2,(H,8,9)(H,10,11)(H,12,13);;4*1H2. The molecule has 0 aliphatic heterocycles. The summed E-state index contributed by atoms with van der Waals surface area (Å²) in [5.41, 5.74) is 0. The smallest absolute Gasteiger partial charge is 0.317 e. The number of carboxylic acid groups (broad SMARTS) is 3. The summed E-state index contributed by atoms with van der Waals surface area (Å²) in [6.45, 7) is -1.80. The largest absolute Gasteiger partial charge is 0.480 e. The number of hydrogen-bond donors (Lipinski definition) is 3. The normalized spacial score (nSPS) is 7.17. The van der Waals surface area contributed by atoms with Gasteiger partial charge in [-0.1, -0.05) is 0 Å². The molecule has 12 heteroatoms. The molecule has 18 heavy (non-hydrogen) atoms. The quantitative estimate of drug-likeness (QED) is 0.371. The summed E-state index contributed by atoms with van der Waals surface area (Å²) in [7, 11) is 0. The Labute approximate surface area is 131 Å². The topological polar surface area (TPSA) is 241 Å². The van der Waals surface area contributed by atoms with Crippen molar-refractivity contribution in [1.82, 2.24) is 4.90 Å². The second-order valence-electron chi connectivity index (χ2n) is 2.33. The fourth-order valence-electron chi connectivity index (χ4n) is 0.742. The summed E-state index contributed by atoms with van der Waals surface area (Å²) in [5, 5.41) is 24.8. The first-order valence-electron chi connectivity index (χ1n) is 3.29. The number of rotatable bonds is 6. The van der Waals surface area contributed by atoms with Crippen LogP contribution in [-0.2, 0) is 14.4 Å². The van der Waals surface area contributed by atoms with Gasteiger partial charge in [0, 0.05) is 37.3 Å². The van der Waals surface area contributed by atoms with E-state index in [9.17, 15) is 14.4 Å². The Hall–Kier alpha value is -0.543. The molecule has 0 aromatic heterocycles. The predicted molar refractivity (Wildman–Crippen MR) is 53.8 cm³/mol. The van der Waals surface area contributed by atoms with Crippen molar-refractivity contribution in [2.24, 2.45) is 0 Å². The van der Waals surface area contributed by atoms with Gasteiger partial charge in [0.25, 0.3) is 0 Å². The first-order valence-corrected chi connectivity index (χ1v) is 3.29. The minimum Gasteiger partial charge on any atom is -0.480 e. The van der Waals surface area contributed by atoms with Gasteiger partial charge in [0.2, 0.25) is 0 Å². The van der Waals surface area contributed by atoms with Crippen LogP contribution in [0.4, 0.5) is 0 Å². The molecule has 0 saturated carbocycles. The number of carboxylic acids is 3. The van der Waals surface area contributed by atoms with Crippen molar-refractivity contribution < 1.29 is 88.9 Å². The van der Waals surface area contributed by atoms with Crippen molar-refractivity contribution in [1.29, 1.82) is 0 Å². The minimum absolute atomic E-state index is 0. The molecule has 0 unspecified atom stereocenters. The molecule has 0 saturated heterocycles. The molecule has 0 aliphatic carbocycles. The minimum atomic E-state index is -1.26. The van der Waals surface area contributed by atoms with Crippen LogP contribution in [-0.4, -0.2) is 79.7 Å². The second kappa shape index (κ2) is 18.8. The summed E-state index contributed by atoms with van der Waals surface area (Å²) in [4.78, 5) is 31.2. The molecule has 0 amide bonds. The Balaban J connectivity index is -0.0000000720. The molecule has 0 aliphatic rings. The molecule has 0 aromatic carbocycles. The summed E-state index contributed by atoms with van der Waals surface area (Å²) in [5.74, 6) is -3.78. The van der Waals surface area contributed by atoms with E-state index in [4.69, 9.17) is 15.3 Å². The molecule has 0 heterocycles. The molecule has 0 aromatic rings. The average Bonchev–Trinajstić information content (AvgIpc) is 1.80. The molecular formula is C6H17ErNO10. The molecule has 0 spiro atoms. The van der Waals surface area contributed by atoms with Gasteiger partial charge in [0.05, 0.1) is 19.6 Å². The molecule has 0 rings (SSSR count). The van der Waals surface area contributed by atoms with Crippen molar-refractivity contribution >= 4 is 17.9 Å². The first-order chi connectivity index (χ1) is 5.91. The van der Waals surface area contributed by atoms with Gasteiger partial charge in [-0.05, 0) is 0 Å². The summed E-state index contributed by atoms with van der Waals surface area (Å²) in [6.07, 6.45) is 0. The predicted octanol–water partition coefficient (Wildman–Crippen LogP) is -4.76. The maximum absolute atomic E-state index is 10.1. The van der Waals surface area contributed by atoms with Crippen LogP contribution in [0, 0.1) is 37.3 Å². The van der Waals surface area contributed by atoms with Gasteiger partial charge in [-0.25, -0.2) is 0 Å². The maximum atomic E-state index is 10.1. The van der Waals surface area contributed by atoms with E-state index in [1.165, 1.54) is 0 Å². The van der Waals surface area contributed by atoms with Crippen LogP contribution in [0.1, 0.15) is 0 Å². The third kappa shape index (κ3) is 24.6. The van der Waals surface area contributed by atoms with Crippen molar-refractivity contribution in [2.45, 2.75) is 0 Å². The van der Waals surface area contributed by atoms with Gasteiger partial charge in [-0.15, -0.1) is 0 Å². The van der Waals surface area contributed by atoms with Crippen LogP contribution >= 0.6 is 0 Å². The Morgan fingerprint density at radius 1 is 0.667 bits per heavy atom. The first kappa shape index (κ1) is 36.0. The van der Waals surface area contributed by atoms with Crippen LogP contribution in [0.3, 0.4) is 0 Å². The Morgan fingerprint density at radius 2 is 0.833 bits per heavy atom. The second-order valence-corrected chi connectivity index (χ2v) is 2.33. The van der Waals surface area contributed by atoms with Gasteiger partial charge < -0.3 is 37.2 Å². The van der Waals surface area contributed by atoms with Crippen molar-refractivity contribution in [2.75, 3.05) is 19.6 Å². The summed E-state index contributed by atoms with van der Waals surface area (Å²) in [6, 6.07) is 0. The van der Waals surface area contributed by atoms with Gasteiger partial charge in [0.1, 0.15) is 0 Å². The van der Waals surface area contributed by atoms with E-state index in [-0.39, 0.29) is 59.2 Å². The van der Waals surface area contributed by atoms with E-state index in [1.807, 2.05) is 0 Å². The van der Waals surface area contributed by atoms with Crippen LogP contribution < -0.4 is 0 Å². The van der Waals surface area contributed by atoms with Crippen LogP contribution in [0.5, 0.6) is 0 Å². The zero-order valence-electron chi connectivity index (χ0n) is 8.92. The van der Waals surface area contributed by atoms with E-state index in [0.717, 1.165) is 4.90 Å². The van der Waals surface area contributed by atoms with Crippen molar-refractivity contribution in [3.63, 3.8) is 0 Å². The number of aliphatic carboxylic acids is 3. The fourth-order valence-corrected chi connectivity index (χ4v) is 0.742. The van der Waals surface area contributed by atoms with Gasteiger partial charge in [-0.2, -0.15) is 0 Å². The molecule has 11 N–H and O–H groups in total. The van der Waals surface area contributed by atoms with E-state index in [0.29, 0.717) is 0 Å². The Morgan fingerprint density at radius 3 is 0.944 bits per heavy atom. The molecule has 0 radical (unpaired) electrons. The Kier molecular flexibility index (Phi) is 37.6. The Bertz CT molecular complexity index is 196. The fraction of sp³-hybridized carbons (Fsp3) is 0.500.